The van der Waals surface area contributed by atoms with Crippen molar-refractivity contribution in [3.8, 4) is 0 Å². The number of thioether (sulfide) groups is 1. The lowest BCUT2D eigenvalue weighted by Gasteiger charge is -2.46. The minimum Gasteiger partial charge on any atom is -0.313 e. The van der Waals surface area contributed by atoms with Crippen molar-refractivity contribution in [1.29, 1.82) is 0 Å². The molecule has 3 heterocycles. The maximum atomic E-state index is 12.9. The molecule has 1 spiro atoms. The van der Waals surface area contributed by atoms with E-state index in [1.54, 1.807) is 28.0 Å². The first-order valence-corrected chi connectivity index (χ1v) is 12.1. The molecular weight excluding hydrogens is 374 g/mol. The van der Waals surface area contributed by atoms with Crippen molar-refractivity contribution in [2.24, 2.45) is 5.92 Å². The Bertz CT molecular complexity index is 901. The molecular formula is C17H21N3O2S3. The fourth-order valence-corrected chi connectivity index (χ4v) is 7.96. The van der Waals surface area contributed by atoms with E-state index in [9.17, 15) is 8.42 Å². The summed E-state index contributed by atoms with van der Waals surface area (Å²) in [4.78, 5) is 4.62. The summed E-state index contributed by atoms with van der Waals surface area (Å²) in [5, 5.41) is 3.67. The molecule has 5 rings (SSSR count). The van der Waals surface area contributed by atoms with Gasteiger partial charge in [0.05, 0.1) is 20.6 Å². The SMILES string of the molecule is O=S(=O)(c1ccc2ncsc2c1)N1CC2(CC(NCC3CC3)CS2)C1. The molecule has 1 N–H and O–H groups in total. The quantitative estimate of drug-likeness (QED) is 0.843. The molecule has 25 heavy (non-hydrogen) atoms. The molecule has 3 aliphatic rings. The minimum absolute atomic E-state index is 0.128. The van der Waals surface area contributed by atoms with Crippen LogP contribution in [0.3, 0.4) is 0 Å². The monoisotopic (exact) mass is 395 g/mol. The highest BCUT2D eigenvalue weighted by molar-refractivity contribution is 8.01. The van der Waals surface area contributed by atoms with Gasteiger partial charge in [0.15, 0.2) is 0 Å². The Labute approximate surface area is 156 Å². The third-order valence-electron chi connectivity index (χ3n) is 5.47. The van der Waals surface area contributed by atoms with E-state index in [-0.39, 0.29) is 4.75 Å². The summed E-state index contributed by atoms with van der Waals surface area (Å²) in [6.07, 6.45) is 3.83. The topological polar surface area (TPSA) is 62.3 Å². The van der Waals surface area contributed by atoms with E-state index in [4.69, 9.17) is 0 Å². The van der Waals surface area contributed by atoms with Crippen molar-refractivity contribution in [1.82, 2.24) is 14.6 Å². The number of benzene rings is 1. The standard InChI is InChI=1S/C17H21N3O2S3/c21-25(22,14-3-4-15-16(5-14)23-11-19-15)20-9-17(10-20)6-13(8-24-17)18-7-12-1-2-12/h3-5,11-13,18H,1-2,6-10H2. The summed E-state index contributed by atoms with van der Waals surface area (Å²) >= 11 is 3.43. The van der Waals surface area contributed by atoms with E-state index in [2.05, 4.69) is 10.3 Å². The predicted octanol–water partition coefficient (Wildman–Crippen LogP) is 2.54. The lowest BCUT2D eigenvalue weighted by molar-refractivity contribution is 0.219. The average molecular weight is 396 g/mol. The molecule has 1 unspecified atom stereocenters. The van der Waals surface area contributed by atoms with Gasteiger partial charge in [-0.2, -0.15) is 16.1 Å². The highest BCUT2D eigenvalue weighted by atomic mass is 32.2. The third kappa shape index (κ3) is 3.02. The van der Waals surface area contributed by atoms with Gasteiger partial charge < -0.3 is 5.32 Å². The first-order chi connectivity index (χ1) is 12.0. The number of hydrogen-bond acceptors (Lipinski definition) is 6. The Kier molecular flexibility index (Phi) is 3.91. The average Bonchev–Trinajstić information content (AvgIpc) is 3.10. The van der Waals surface area contributed by atoms with Gasteiger partial charge >= 0.3 is 0 Å². The van der Waals surface area contributed by atoms with Crippen molar-refractivity contribution >= 4 is 43.3 Å². The number of nitrogens with one attached hydrogen (secondary N) is 1. The normalized spacial score (nSPS) is 26.3. The Balaban J connectivity index is 1.26. The lowest BCUT2D eigenvalue weighted by atomic mass is 9.94. The molecule has 1 aromatic heterocycles. The second kappa shape index (κ2) is 5.92. The lowest BCUT2D eigenvalue weighted by Crippen LogP contribution is -2.60. The fourth-order valence-electron chi connectivity index (χ4n) is 3.76. The summed E-state index contributed by atoms with van der Waals surface area (Å²) < 4.78 is 28.5. The molecule has 2 aliphatic heterocycles. The summed E-state index contributed by atoms with van der Waals surface area (Å²) in [5.41, 5.74) is 2.61. The van der Waals surface area contributed by atoms with Crippen molar-refractivity contribution in [2.45, 2.75) is 34.9 Å². The van der Waals surface area contributed by atoms with Crippen LogP contribution in [0, 0.1) is 5.92 Å². The van der Waals surface area contributed by atoms with Crippen LogP contribution in [0.2, 0.25) is 0 Å². The van der Waals surface area contributed by atoms with Crippen LogP contribution in [0.1, 0.15) is 19.3 Å². The molecule has 0 amide bonds. The Morgan fingerprint density at radius 1 is 1.32 bits per heavy atom. The van der Waals surface area contributed by atoms with Crippen LogP contribution < -0.4 is 5.32 Å². The van der Waals surface area contributed by atoms with Gasteiger partial charge in [0, 0.05) is 29.6 Å². The number of fused-ring (bicyclic) bond motifs is 1. The van der Waals surface area contributed by atoms with Gasteiger partial charge in [0.1, 0.15) is 0 Å². The van der Waals surface area contributed by atoms with Crippen LogP contribution in [0.4, 0.5) is 0 Å². The van der Waals surface area contributed by atoms with Gasteiger partial charge in [-0.3, -0.25) is 0 Å². The Hall–Kier alpha value is -0.670. The first kappa shape index (κ1) is 16.5. The van der Waals surface area contributed by atoms with E-state index in [0.29, 0.717) is 24.0 Å². The zero-order chi connectivity index (χ0) is 17.1. The minimum atomic E-state index is -3.39. The van der Waals surface area contributed by atoms with Gasteiger partial charge in [-0.1, -0.05) is 0 Å². The maximum Gasteiger partial charge on any atom is 0.243 e. The van der Waals surface area contributed by atoms with Crippen molar-refractivity contribution in [3.05, 3.63) is 23.7 Å². The van der Waals surface area contributed by atoms with Gasteiger partial charge in [-0.15, -0.1) is 11.3 Å². The van der Waals surface area contributed by atoms with Crippen LogP contribution in [-0.2, 0) is 10.0 Å². The molecule has 2 saturated heterocycles. The zero-order valence-electron chi connectivity index (χ0n) is 13.8. The van der Waals surface area contributed by atoms with Gasteiger partial charge in [-0.05, 0) is 49.9 Å². The highest BCUT2D eigenvalue weighted by Gasteiger charge is 2.52. The molecule has 1 saturated carbocycles. The largest absolute Gasteiger partial charge is 0.313 e. The molecule has 1 atom stereocenters. The van der Waals surface area contributed by atoms with E-state index in [1.807, 2.05) is 11.8 Å². The molecule has 8 heteroatoms. The number of sulfonamides is 1. The van der Waals surface area contributed by atoms with Gasteiger partial charge in [-0.25, -0.2) is 13.4 Å². The molecule has 1 aliphatic carbocycles. The highest BCUT2D eigenvalue weighted by Crippen LogP contribution is 2.47. The number of thiazole rings is 1. The van der Waals surface area contributed by atoms with Crippen LogP contribution in [0.15, 0.2) is 28.6 Å². The van der Waals surface area contributed by atoms with Crippen LogP contribution in [0.5, 0.6) is 0 Å². The van der Waals surface area contributed by atoms with Gasteiger partial charge in [0.25, 0.3) is 0 Å². The van der Waals surface area contributed by atoms with E-state index in [0.717, 1.165) is 34.9 Å². The van der Waals surface area contributed by atoms with E-state index < -0.39 is 10.0 Å². The molecule has 3 fully saturated rings. The molecule has 0 radical (unpaired) electrons. The van der Waals surface area contributed by atoms with Crippen molar-refractivity contribution < 1.29 is 8.42 Å². The van der Waals surface area contributed by atoms with Gasteiger partial charge in [0.2, 0.25) is 10.0 Å². The molecule has 1 aromatic carbocycles. The van der Waals surface area contributed by atoms with Crippen molar-refractivity contribution in [2.75, 3.05) is 25.4 Å². The number of nitrogens with zero attached hydrogens (tertiary/aromatic N) is 2. The number of hydrogen-bond donors (Lipinski definition) is 1. The first-order valence-electron chi connectivity index (χ1n) is 8.75. The second-order valence-corrected chi connectivity index (χ2v) is 11.8. The summed E-state index contributed by atoms with van der Waals surface area (Å²) in [6.45, 7) is 2.42. The van der Waals surface area contributed by atoms with Crippen LogP contribution >= 0.6 is 23.1 Å². The molecule has 0 bridgehead atoms. The summed E-state index contributed by atoms with van der Waals surface area (Å²) in [5.74, 6) is 1.99. The molecule has 5 nitrogen and oxygen atoms in total. The third-order valence-corrected chi connectivity index (χ3v) is 9.66. The second-order valence-electron chi connectivity index (χ2n) is 7.50. The smallest absolute Gasteiger partial charge is 0.243 e. The molecule has 134 valence electrons. The Morgan fingerprint density at radius 3 is 2.96 bits per heavy atom. The maximum absolute atomic E-state index is 12.9. The summed E-state index contributed by atoms with van der Waals surface area (Å²) in [7, 11) is -3.39. The van der Waals surface area contributed by atoms with Crippen molar-refractivity contribution in [3.63, 3.8) is 0 Å². The molecule has 2 aromatic rings. The Morgan fingerprint density at radius 2 is 2.16 bits per heavy atom. The van der Waals surface area contributed by atoms with E-state index >= 15 is 0 Å². The fraction of sp³-hybridized carbons (Fsp3) is 0.588. The predicted molar refractivity (Wildman–Crippen MR) is 103 cm³/mol. The number of aromatic nitrogens is 1. The zero-order valence-corrected chi connectivity index (χ0v) is 16.3. The van der Waals surface area contributed by atoms with Crippen LogP contribution in [-0.4, -0.2) is 53.9 Å². The number of rotatable bonds is 5. The van der Waals surface area contributed by atoms with Crippen LogP contribution in [0.25, 0.3) is 10.2 Å². The summed E-state index contributed by atoms with van der Waals surface area (Å²) in [6, 6.07) is 5.79. The van der Waals surface area contributed by atoms with E-state index in [1.165, 1.54) is 24.2 Å².